The Morgan fingerprint density at radius 1 is 0.633 bits per heavy atom. The molecule has 0 unspecified atom stereocenters. The summed E-state index contributed by atoms with van der Waals surface area (Å²) >= 11 is 0. The number of imidazole rings is 1. The van der Waals surface area contributed by atoms with Crippen LogP contribution in [0.3, 0.4) is 0 Å². The lowest BCUT2D eigenvalue weighted by Gasteiger charge is -2.37. The monoisotopic (exact) mass is 632 g/mol. The summed E-state index contributed by atoms with van der Waals surface area (Å²) in [6.07, 6.45) is 7.54. The zero-order valence-corrected chi connectivity index (χ0v) is 26.7. The van der Waals surface area contributed by atoms with Gasteiger partial charge in [-0.25, -0.2) is 4.98 Å². The highest BCUT2D eigenvalue weighted by Crippen LogP contribution is 2.41. The molecule has 6 aromatic carbocycles. The van der Waals surface area contributed by atoms with Crippen LogP contribution in [0.2, 0.25) is 0 Å². The van der Waals surface area contributed by atoms with Gasteiger partial charge in [-0.05, 0) is 52.6 Å². The summed E-state index contributed by atoms with van der Waals surface area (Å²) in [4.78, 5) is 18.4. The van der Waals surface area contributed by atoms with Gasteiger partial charge in [-0.15, -0.1) is 0 Å². The average molecular weight is 633 g/mol. The standard InChI is InChI=1S/C45H32N2O2/c48-42(35-26-28-43-36(29-35)30-44(49-43)34-16-5-1-6-17-34)27-25-33-15-13-14-24-40(33)41-31-47(32-46-41)45(37-18-7-2-8-19-37,38-20-9-3-10-21-38)39-22-11-4-12-23-39/h1-32H. The SMILES string of the molecule is O=C(C=Cc1ccccc1-c1cn(C(c2ccccc2)(c2ccccc2)c2ccccc2)cn1)c1ccc2oc(-c3ccccc3)cc2c1. The second kappa shape index (κ2) is 12.9. The number of furan rings is 1. The molecule has 0 aliphatic rings. The van der Waals surface area contributed by atoms with Crippen molar-refractivity contribution in [3.8, 4) is 22.6 Å². The maximum absolute atomic E-state index is 13.5. The van der Waals surface area contributed by atoms with E-state index in [1.807, 2.05) is 103 Å². The second-order valence-electron chi connectivity index (χ2n) is 12.0. The van der Waals surface area contributed by atoms with Crippen molar-refractivity contribution in [2.75, 3.05) is 0 Å². The molecule has 8 rings (SSSR count). The van der Waals surface area contributed by atoms with Gasteiger partial charge in [0, 0.05) is 28.3 Å². The molecule has 0 fully saturated rings. The third-order valence-corrected chi connectivity index (χ3v) is 9.05. The van der Waals surface area contributed by atoms with E-state index in [2.05, 4.69) is 89.6 Å². The third-order valence-electron chi connectivity index (χ3n) is 9.05. The van der Waals surface area contributed by atoms with E-state index in [1.54, 1.807) is 6.08 Å². The lowest BCUT2D eigenvalue weighted by Crippen LogP contribution is -2.36. The smallest absolute Gasteiger partial charge is 0.185 e. The van der Waals surface area contributed by atoms with Crippen molar-refractivity contribution in [1.82, 2.24) is 9.55 Å². The van der Waals surface area contributed by atoms with E-state index in [9.17, 15) is 4.79 Å². The molecule has 2 aromatic heterocycles. The second-order valence-corrected chi connectivity index (χ2v) is 12.0. The minimum atomic E-state index is -0.665. The molecule has 0 spiro atoms. The molecule has 0 radical (unpaired) electrons. The molecule has 8 aromatic rings. The largest absolute Gasteiger partial charge is 0.456 e. The normalized spacial score (nSPS) is 11.7. The van der Waals surface area contributed by atoms with Gasteiger partial charge < -0.3 is 8.98 Å². The molecular weight excluding hydrogens is 601 g/mol. The first kappa shape index (κ1) is 29.9. The van der Waals surface area contributed by atoms with Crippen LogP contribution in [-0.2, 0) is 5.54 Å². The Morgan fingerprint density at radius 2 is 1.20 bits per heavy atom. The Balaban J connectivity index is 1.16. The lowest BCUT2D eigenvalue weighted by molar-refractivity contribution is 0.104. The Kier molecular flexibility index (Phi) is 7.88. The fourth-order valence-electron chi connectivity index (χ4n) is 6.71. The van der Waals surface area contributed by atoms with E-state index >= 15 is 0 Å². The number of carbonyl (C=O) groups is 1. The van der Waals surface area contributed by atoms with Crippen molar-refractivity contribution in [3.63, 3.8) is 0 Å². The van der Waals surface area contributed by atoms with Crippen molar-refractivity contribution in [2.45, 2.75) is 5.54 Å². The van der Waals surface area contributed by atoms with Gasteiger partial charge in [-0.2, -0.15) is 0 Å². The number of rotatable bonds is 9. The molecule has 49 heavy (non-hydrogen) atoms. The topological polar surface area (TPSA) is 48.0 Å². The maximum Gasteiger partial charge on any atom is 0.185 e. The number of fused-ring (bicyclic) bond motifs is 1. The van der Waals surface area contributed by atoms with E-state index in [0.717, 1.165) is 55.8 Å². The van der Waals surface area contributed by atoms with E-state index in [1.165, 1.54) is 0 Å². The first-order valence-corrected chi connectivity index (χ1v) is 16.3. The number of allylic oxidation sites excluding steroid dienone is 1. The quantitative estimate of drug-likeness (QED) is 0.0904. The molecule has 0 N–H and O–H groups in total. The summed E-state index contributed by atoms with van der Waals surface area (Å²) < 4.78 is 8.26. The molecule has 4 nitrogen and oxygen atoms in total. The number of hydrogen-bond acceptors (Lipinski definition) is 3. The van der Waals surface area contributed by atoms with Crippen molar-refractivity contribution in [2.24, 2.45) is 0 Å². The minimum Gasteiger partial charge on any atom is -0.456 e. The number of hydrogen-bond donors (Lipinski definition) is 0. The predicted molar refractivity (Wildman–Crippen MR) is 197 cm³/mol. The Hall–Kier alpha value is -6.52. The number of nitrogens with zero attached hydrogens (tertiary/aromatic N) is 2. The highest BCUT2D eigenvalue weighted by Gasteiger charge is 2.38. The van der Waals surface area contributed by atoms with Crippen LogP contribution >= 0.6 is 0 Å². The van der Waals surface area contributed by atoms with Crippen LogP contribution in [0, 0.1) is 0 Å². The summed E-state index contributed by atoms with van der Waals surface area (Å²) in [5, 5.41) is 0.891. The Morgan fingerprint density at radius 3 is 1.84 bits per heavy atom. The summed E-state index contributed by atoms with van der Waals surface area (Å²) in [5.74, 6) is 0.695. The van der Waals surface area contributed by atoms with Gasteiger partial charge in [0.05, 0.1) is 12.0 Å². The van der Waals surface area contributed by atoms with Crippen LogP contribution in [0.15, 0.2) is 193 Å². The summed E-state index contributed by atoms with van der Waals surface area (Å²) in [6.45, 7) is 0. The number of benzene rings is 6. The summed E-state index contributed by atoms with van der Waals surface area (Å²) in [5.41, 5.74) is 7.71. The number of ketones is 1. The highest BCUT2D eigenvalue weighted by molar-refractivity contribution is 6.09. The zero-order valence-electron chi connectivity index (χ0n) is 26.7. The van der Waals surface area contributed by atoms with E-state index < -0.39 is 5.54 Å². The number of aromatic nitrogens is 2. The van der Waals surface area contributed by atoms with E-state index in [-0.39, 0.29) is 5.78 Å². The molecule has 0 saturated carbocycles. The predicted octanol–water partition coefficient (Wildman–Crippen LogP) is 10.7. The van der Waals surface area contributed by atoms with Crippen molar-refractivity contribution < 1.29 is 9.21 Å². The average Bonchev–Trinajstić information content (AvgIpc) is 3.84. The highest BCUT2D eigenvalue weighted by atomic mass is 16.3. The molecule has 0 aliphatic carbocycles. The molecule has 0 bridgehead atoms. The van der Waals surface area contributed by atoms with Gasteiger partial charge in [0.1, 0.15) is 16.9 Å². The van der Waals surface area contributed by atoms with Gasteiger partial charge in [-0.1, -0.05) is 152 Å². The fraction of sp³-hybridized carbons (Fsp3) is 0.0222. The summed E-state index contributed by atoms with van der Waals surface area (Å²) in [6, 6.07) is 57.2. The van der Waals surface area contributed by atoms with Gasteiger partial charge in [0.2, 0.25) is 0 Å². The van der Waals surface area contributed by atoms with Crippen LogP contribution in [0.1, 0.15) is 32.6 Å². The van der Waals surface area contributed by atoms with Crippen LogP contribution in [0.5, 0.6) is 0 Å². The van der Waals surface area contributed by atoms with E-state index in [4.69, 9.17) is 9.40 Å². The zero-order chi connectivity index (χ0) is 33.0. The third kappa shape index (κ3) is 5.60. The Bertz CT molecular complexity index is 2290. The molecule has 2 heterocycles. The molecule has 0 atom stereocenters. The first-order chi connectivity index (χ1) is 24.2. The van der Waals surface area contributed by atoms with Gasteiger partial charge in [0.15, 0.2) is 5.78 Å². The van der Waals surface area contributed by atoms with Gasteiger partial charge >= 0.3 is 0 Å². The molecule has 4 heteroatoms. The van der Waals surface area contributed by atoms with Gasteiger partial charge in [-0.3, -0.25) is 4.79 Å². The van der Waals surface area contributed by atoms with Crippen LogP contribution in [0.25, 0.3) is 39.6 Å². The molecular formula is C45H32N2O2. The first-order valence-electron chi connectivity index (χ1n) is 16.3. The molecule has 0 saturated heterocycles. The van der Waals surface area contributed by atoms with Crippen molar-refractivity contribution >= 4 is 22.8 Å². The lowest BCUT2D eigenvalue weighted by atomic mass is 9.77. The minimum absolute atomic E-state index is 0.0825. The van der Waals surface area contributed by atoms with E-state index in [0.29, 0.717) is 5.56 Å². The van der Waals surface area contributed by atoms with Crippen molar-refractivity contribution in [1.29, 1.82) is 0 Å². The van der Waals surface area contributed by atoms with Gasteiger partial charge in [0.25, 0.3) is 0 Å². The van der Waals surface area contributed by atoms with Crippen LogP contribution in [0.4, 0.5) is 0 Å². The number of carbonyl (C=O) groups excluding carboxylic acids is 1. The molecule has 0 aliphatic heterocycles. The maximum atomic E-state index is 13.5. The van der Waals surface area contributed by atoms with Crippen LogP contribution in [-0.4, -0.2) is 15.3 Å². The fourth-order valence-corrected chi connectivity index (χ4v) is 6.71. The van der Waals surface area contributed by atoms with Crippen molar-refractivity contribution in [3.05, 3.63) is 216 Å². The van der Waals surface area contributed by atoms with Crippen LogP contribution < -0.4 is 0 Å². The molecule has 0 amide bonds. The Labute approximate surface area is 285 Å². The summed E-state index contributed by atoms with van der Waals surface area (Å²) in [7, 11) is 0. The molecule has 234 valence electrons.